The molecule has 0 aliphatic carbocycles. The van der Waals surface area contributed by atoms with Crippen molar-refractivity contribution in [2.24, 2.45) is 5.92 Å². The van der Waals surface area contributed by atoms with Crippen LogP contribution in [0.5, 0.6) is 0 Å². The average molecular weight is 357 g/mol. The molecule has 1 amide bonds. The lowest BCUT2D eigenvalue weighted by molar-refractivity contribution is -0.119. The molecule has 1 unspecified atom stereocenters. The number of anilines is 1. The highest BCUT2D eigenvalue weighted by Gasteiger charge is 2.44. The molecule has 0 bridgehead atoms. The average Bonchev–Trinajstić information content (AvgIpc) is 2.87. The molecule has 0 saturated heterocycles. The number of carbonyl (C=O) groups is 2. The van der Waals surface area contributed by atoms with Crippen molar-refractivity contribution < 1.29 is 23.5 Å². The minimum Gasteiger partial charge on any atom is -0.503 e. The van der Waals surface area contributed by atoms with Crippen LogP contribution in [0.15, 0.2) is 59.9 Å². The number of hydrogen-bond acceptors (Lipinski definition) is 3. The number of carbonyl (C=O) groups excluding carboxylic acids is 2. The summed E-state index contributed by atoms with van der Waals surface area (Å²) in [5.41, 5.74) is 0.752. The van der Waals surface area contributed by atoms with Gasteiger partial charge in [0.1, 0.15) is 11.6 Å². The molecule has 1 aliphatic heterocycles. The number of nitrogens with zero attached hydrogens (tertiary/aromatic N) is 1. The Labute approximate surface area is 149 Å². The van der Waals surface area contributed by atoms with Crippen LogP contribution in [0.4, 0.5) is 14.5 Å². The van der Waals surface area contributed by atoms with Gasteiger partial charge in [0.2, 0.25) is 0 Å². The molecule has 1 N–H and O–H groups in total. The number of hydrogen-bond donors (Lipinski definition) is 1. The van der Waals surface area contributed by atoms with Crippen LogP contribution in [0.25, 0.3) is 0 Å². The molecule has 2 aromatic rings. The standard InChI is InChI=1S/C20H17F2NO3/c1-11(2)18(24)16-17(12-3-5-13(21)6-4-12)23(20(26)19(16)25)15-9-7-14(22)8-10-15/h3-11,17,25H,1-2H3. The van der Waals surface area contributed by atoms with E-state index in [0.717, 1.165) is 0 Å². The lowest BCUT2D eigenvalue weighted by Gasteiger charge is -2.27. The van der Waals surface area contributed by atoms with E-state index in [4.69, 9.17) is 0 Å². The summed E-state index contributed by atoms with van der Waals surface area (Å²) < 4.78 is 26.6. The first-order valence-electron chi connectivity index (χ1n) is 8.13. The van der Waals surface area contributed by atoms with Gasteiger partial charge >= 0.3 is 0 Å². The first-order chi connectivity index (χ1) is 12.3. The maximum Gasteiger partial charge on any atom is 0.294 e. The maximum atomic E-state index is 13.3. The summed E-state index contributed by atoms with van der Waals surface area (Å²) >= 11 is 0. The maximum absolute atomic E-state index is 13.3. The molecule has 0 aromatic heterocycles. The molecule has 0 saturated carbocycles. The molecular weight excluding hydrogens is 340 g/mol. The summed E-state index contributed by atoms with van der Waals surface area (Å²) in [6.45, 7) is 3.32. The van der Waals surface area contributed by atoms with E-state index in [0.29, 0.717) is 11.3 Å². The van der Waals surface area contributed by atoms with Crippen LogP contribution in [0.3, 0.4) is 0 Å². The van der Waals surface area contributed by atoms with Crippen molar-refractivity contribution in [1.82, 2.24) is 0 Å². The highest BCUT2D eigenvalue weighted by atomic mass is 19.1. The molecule has 2 aromatic carbocycles. The molecule has 6 heteroatoms. The summed E-state index contributed by atoms with van der Waals surface area (Å²) in [7, 11) is 0. The van der Waals surface area contributed by atoms with Gasteiger partial charge in [-0.05, 0) is 42.0 Å². The van der Waals surface area contributed by atoms with Gasteiger partial charge in [0.05, 0.1) is 11.6 Å². The van der Waals surface area contributed by atoms with E-state index < -0.39 is 35.3 Å². The molecule has 4 nitrogen and oxygen atoms in total. The quantitative estimate of drug-likeness (QED) is 0.897. The van der Waals surface area contributed by atoms with Crippen LogP contribution < -0.4 is 4.90 Å². The minimum absolute atomic E-state index is 0.0408. The van der Waals surface area contributed by atoms with Crippen molar-refractivity contribution in [3.05, 3.63) is 77.1 Å². The molecular formula is C20H17F2NO3. The fourth-order valence-electron chi connectivity index (χ4n) is 3.00. The summed E-state index contributed by atoms with van der Waals surface area (Å²) in [4.78, 5) is 26.5. The summed E-state index contributed by atoms with van der Waals surface area (Å²) in [5.74, 6) is -3.16. The Morgan fingerprint density at radius 1 is 1.00 bits per heavy atom. The van der Waals surface area contributed by atoms with E-state index in [1.165, 1.54) is 53.4 Å². The van der Waals surface area contributed by atoms with Crippen molar-refractivity contribution in [2.75, 3.05) is 4.90 Å². The van der Waals surface area contributed by atoms with Gasteiger partial charge in [-0.1, -0.05) is 26.0 Å². The first-order valence-corrected chi connectivity index (χ1v) is 8.13. The van der Waals surface area contributed by atoms with Crippen LogP contribution in [-0.2, 0) is 9.59 Å². The number of benzene rings is 2. The van der Waals surface area contributed by atoms with Gasteiger partial charge in [-0.25, -0.2) is 8.78 Å². The fraction of sp³-hybridized carbons (Fsp3) is 0.200. The van der Waals surface area contributed by atoms with Gasteiger partial charge < -0.3 is 5.11 Å². The largest absolute Gasteiger partial charge is 0.503 e. The second-order valence-electron chi connectivity index (χ2n) is 6.39. The molecule has 1 heterocycles. The van der Waals surface area contributed by atoms with Gasteiger partial charge in [0, 0.05) is 11.6 Å². The minimum atomic E-state index is -0.913. The Kier molecular flexibility index (Phi) is 4.59. The smallest absolute Gasteiger partial charge is 0.294 e. The lowest BCUT2D eigenvalue weighted by Crippen LogP contribution is -2.31. The zero-order chi connectivity index (χ0) is 19.0. The van der Waals surface area contributed by atoms with E-state index in [1.54, 1.807) is 13.8 Å². The van der Waals surface area contributed by atoms with Crippen molar-refractivity contribution in [1.29, 1.82) is 0 Å². The number of Topliss-reactive ketones (excluding diaryl/α,β-unsaturated/α-hetero) is 1. The lowest BCUT2D eigenvalue weighted by atomic mass is 9.91. The fourth-order valence-corrected chi connectivity index (χ4v) is 3.00. The van der Waals surface area contributed by atoms with Gasteiger partial charge in [-0.2, -0.15) is 0 Å². The first kappa shape index (κ1) is 17.8. The number of halogens is 2. The van der Waals surface area contributed by atoms with E-state index in [2.05, 4.69) is 0 Å². The Morgan fingerprint density at radius 2 is 1.50 bits per heavy atom. The Hall–Kier alpha value is -3.02. The number of aliphatic hydroxyl groups excluding tert-OH is 1. The zero-order valence-corrected chi connectivity index (χ0v) is 14.2. The Morgan fingerprint density at radius 3 is 2.00 bits per heavy atom. The van der Waals surface area contributed by atoms with Gasteiger partial charge in [-0.3, -0.25) is 14.5 Å². The second-order valence-corrected chi connectivity index (χ2v) is 6.39. The van der Waals surface area contributed by atoms with Crippen LogP contribution in [-0.4, -0.2) is 16.8 Å². The van der Waals surface area contributed by atoms with Gasteiger partial charge in [-0.15, -0.1) is 0 Å². The third kappa shape index (κ3) is 2.98. The third-order valence-electron chi connectivity index (χ3n) is 4.29. The number of amides is 1. The summed E-state index contributed by atoms with van der Waals surface area (Å²) in [5, 5.41) is 10.4. The summed E-state index contributed by atoms with van der Waals surface area (Å²) in [6.07, 6.45) is 0. The van der Waals surface area contributed by atoms with Gasteiger partial charge in [0.15, 0.2) is 11.5 Å². The highest BCUT2D eigenvalue weighted by molar-refractivity contribution is 6.16. The number of aliphatic hydroxyl groups is 1. The SMILES string of the molecule is CC(C)C(=O)C1=C(O)C(=O)N(c2ccc(F)cc2)C1c1ccc(F)cc1. The topological polar surface area (TPSA) is 57.6 Å². The number of ketones is 1. The van der Waals surface area contributed by atoms with Crippen LogP contribution in [0.2, 0.25) is 0 Å². The molecule has 0 radical (unpaired) electrons. The van der Waals surface area contributed by atoms with E-state index >= 15 is 0 Å². The Balaban J connectivity index is 2.17. The normalized spacial score (nSPS) is 17.3. The van der Waals surface area contributed by atoms with Crippen LogP contribution in [0.1, 0.15) is 25.5 Å². The van der Waals surface area contributed by atoms with Gasteiger partial charge in [0.25, 0.3) is 5.91 Å². The molecule has 3 rings (SSSR count). The van der Waals surface area contributed by atoms with Crippen LogP contribution >= 0.6 is 0 Å². The molecule has 26 heavy (non-hydrogen) atoms. The highest BCUT2D eigenvalue weighted by Crippen LogP contribution is 2.41. The molecule has 0 spiro atoms. The van der Waals surface area contributed by atoms with E-state index in [1.807, 2.05) is 0 Å². The van der Waals surface area contributed by atoms with Crippen molar-refractivity contribution in [2.45, 2.75) is 19.9 Å². The van der Waals surface area contributed by atoms with E-state index in [-0.39, 0.29) is 11.4 Å². The van der Waals surface area contributed by atoms with Crippen molar-refractivity contribution in [3.8, 4) is 0 Å². The Bertz CT molecular complexity index is 886. The number of rotatable bonds is 4. The molecule has 1 aliphatic rings. The monoisotopic (exact) mass is 357 g/mol. The van der Waals surface area contributed by atoms with Crippen LogP contribution in [0, 0.1) is 17.6 Å². The second kappa shape index (κ2) is 6.71. The predicted molar refractivity (Wildman–Crippen MR) is 92.5 cm³/mol. The predicted octanol–water partition coefficient (Wildman–Crippen LogP) is 4.09. The zero-order valence-electron chi connectivity index (χ0n) is 14.2. The third-order valence-corrected chi connectivity index (χ3v) is 4.29. The van der Waals surface area contributed by atoms with Crippen molar-refractivity contribution >= 4 is 17.4 Å². The van der Waals surface area contributed by atoms with E-state index in [9.17, 15) is 23.5 Å². The van der Waals surface area contributed by atoms with Crippen molar-refractivity contribution in [3.63, 3.8) is 0 Å². The molecule has 1 atom stereocenters. The summed E-state index contributed by atoms with van der Waals surface area (Å²) in [6, 6.07) is 9.58. The molecule has 134 valence electrons. The molecule has 0 fully saturated rings.